The molecular weight excluding hydrogens is 338 g/mol. The molecule has 0 saturated heterocycles. The lowest BCUT2D eigenvalue weighted by atomic mass is 10.1. The van der Waals surface area contributed by atoms with Gasteiger partial charge in [0.25, 0.3) is 0 Å². The van der Waals surface area contributed by atoms with Crippen molar-refractivity contribution in [3.63, 3.8) is 0 Å². The van der Waals surface area contributed by atoms with Crippen molar-refractivity contribution in [3.8, 4) is 17.2 Å². The first kappa shape index (κ1) is 17.5. The van der Waals surface area contributed by atoms with E-state index in [1.807, 2.05) is 42.5 Å². The summed E-state index contributed by atoms with van der Waals surface area (Å²) in [5, 5.41) is 2.95. The maximum atomic E-state index is 12.0. The first-order chi connectivity index (χ1) is 12.2. The van der Waals surface area contributed by atoms with Crippen LogP contribution in [0.1, 0.15) is 5.56 Å². The van der Waals surface area contributed by atoms with Gasteiger partial charge in [0.1, 0.15) is 19.0 Å². The second kappa shape index (κ2) is 8.67. The summed E-state index contributed by atoms with van der Waals surface area (Å²) < 4.78 is 16.2. The van der Waals surface area contributed by atoms with Gasteiger partial charge >= 0.3 is 0 Å². The van der Waals surface area contributed by atoms with E-state index < -0.39 is 0 Å². The van der Waals surface area contributed by atoms with Gasteiger partial charge in [-0.2, -0.15) is 0 Å². The summed E-state index contributed by atoms with van der Waals surface area (Å²) in [6.45, 7) is 1.76. The maximum absolute atomic E-state index is 12.0. The standard InChI is InChI=1S/C19H21NO4S/c1-22-15-4-2-14(3-5-15)8-9-20-19(21)13-25-16-6-7-17-18(12-16)24-11-10-23-17/h2-7,12H,8-11,13H2,1H3,(H,20,21). The van der Waals surface area contributed by atoms with E-state index in [0.717, 1.165) is 28.6 Å². The Kier molecular flexibility index (Phi) is 6.06. The van der Waals surface area contributed by atoms with E-state index in [-0.39, 0.29) is 5.91 Å². The van der Waals surface area contributed by atoms with Gasteiger partial charge in [0.2, 0.25) is 5.91 Å². The smallest absolute Gasteiger partial charge is 0.230 e. The van der Waals surface area contributed by atoms with Crippen LogP contribution >= 0.6 is 11.8 Å². The summed E-state index contributed by atoms with van der Waals surface area (Å²) in [6.07, 6.45) is 0.796. The van der Waals surface area contributed by atoms with Crippen molar-refractivity contribution in [1.29, 1.82) is 0 Å². The molecule has 25 heavy (non-hydrogen) atoms. The number of carbonyl (C=O) groups is 1. The molecule has 0 saturated carbocycles. The zero-order valence-corrected chi connectivity index (χ0v) is 14.9. The van der Waals surface area contributed by atoms with Crippen LogP contribution in [-0.4, -0.2) is 38.5 Å². The van der Waals surface area contributed by atoms with Crippen LogP contribution in [0.3, 0.4) is 0 Å². The quantitative estimate of drug-likeness (QED) is 0.771. The largest absolute Gasteiger partial charge is 0.497 e. The Labute approximate surface area is 151 Å². The van der Waals surface area contributed by atoms with Crippen LogP contribution in [-0.2, 0) is 11.2 Å². The van der Waals surface area contributed by atoms with Gasteiger partial charge < -0.3 is 19.5 Å². The number of fused-ring (bicyclic) bond motifs is 1. The fourth-order valence-corrected chi connectivity index (χ4v) is 3.21. The molecule has 1 heterocycles. The fraction of sp³-hybridized carbons (Fsp3) is 0.316. The predicted octanol–water partition coefficient (Wildman–Crippen LogP) is 2.92. The van der Waals surface area contributed by atoms with Crippen molar-refractivity contribution in [2.75, 3.05) is 32.6 Å². The van der Waals surface area contributed by atoms with Crippen molar-refractivity contribution in [3.05, 3.63) is 48.0 Å². The molecule has 1 aliphatic heterocycles. The molecule has 2 aromatic carbocycles. The maximum Gasteiger partial charge on any atom is 0.230 e. The zero-order valence-electron chi connectivity index (χ0n) is 14.1. The number of hydrogen-bond acceptors (Lipinski definition) is 5. The van der Waals surface area contributed by atoms with E-state index >= 15 is 0 Å². The summed E-state index contributed by atoms with van der Waals surface area (Å²) in [5.74, 6) is 2.75. The van der Waals surface area contributed by atoms with E-state index in [1.54, 1.807) is 7.11 Å². The van der Waals surface area contributed by atoms with Crippen molar-refractivity contribution in [2.45, 2.75) is 11.3 Å². The van der Waals surface area contributed by atoms with Gasteiger partial charge in [-0.3, -0.25) is 4.79 Å². The number of benzene rings is 2. The molecule has 0 fully saturated rings. The molecule has 0 bridgehead atoms. The molecule has 5 nitrogen and oxygen atoms in total. The van der Waals surface area contributed by atoms with Crippen LogP contribution in [0.4, 0.5) is 0 Å². The highest BCUT2D eigenvalue weighted by Gasteiger charge is 2.12. The third-order valence-corrected chi connectivity index (χ3v) is 4.77. The van der Waals surface area contributed by atoms with Gasteiger partial charge in [0, 0.05) is 11.4 Å². The first-order valence-electron chi connectivity index (χ1n) is 8.16. The van der Waals surface area contributed by atoms with Crippen LogP contribution in [0.25, 0.3) is 0 Å². The Bertz CT molecular complexity index is 718. The highest BCUT2D eigenvalue weighted by Crippen LogP contribution is 2.34. The van der Waals surface area contributed by atoms with Crippen molar-refractivity contribution in [2.24, 2.45) is 0 Å². The zero-order chi connectivity index (χ0) is 17.5. The lowest BCUT2D eigenvalue weighted by Gasteiger charge is -2.18. The van der Waals surface area contributed by atoms with Crippen molar-refractivity contribution >= 4 is 17.7 Å². The van der Waals surface area contributed by atoms with E-state index in [1.165, 1.54) is 17.3 Å². The minimum Gasteiger partial charge on any atom is -0.497 e. The number of ether oxygens (including phenoxy) is 3. The number of carbonyl (C=O) groups excluding carboxylic acids is 1. The summed E-state index contributed by atoms with van der Waals surface area (Å²) in [6, 6.07) is 13.6. The highest BCUT2D eigenvalue weighted by atomic mass is 32.2. The van der Waals surface area contributed by atoms with Gasteiger partial charge in [-0.1, -0.05) is 12.1 Å². The molecule has 1 aliphatic rings. The molecule has 0 spiro atoms. The van der Waals surface area contributed by atoms with Gasteiger partial charge in [-0.05, 0) is 42.3 Å². The van der Waals surface area contributed by atoms with Crippen molar-refractivity contribution < 1.29 is 19.0 Å². The number of rotatable bonds is 7. The molecule has 0 radical (unpaired) electrons. The Morgan fingerprint density at radius 1 is 1.12 bits per heavy atom. The van der Waals surface area contributed by atoms with Crippen LogP contribution in [0, 0.1) is 0 Å². The molecule has 0 aromatic heterocycles. The average molecular weight is 359 g/mol. The molecule has 1 N–H and O–H groups in total. The summed E-state index contributed by atoms with van der Waals surface area (Å²) >= 11 is 1.49. The molecule has 1 amide bonds. The summed E-state index contributed by atoms with van der Waals surface area (Å²) in [7, 11) is 1.65. The molecule has 2 aromatic rings. The molecule has 6 heteroatoms. The number of methoxy groups -OCH3 is 1. The SMILES string of the molecule is COc1ccc(CCNC(=O)CSc2ccc3c(c2)OCCO3)cc1. The van der Waals surface area contributed by atoms with Crippen LogP contribution in [0.2, 0.25) is 0 Å². The Balaban J connectivity index is 1.40. The first-order valence-corrected chi connectivity index (χ1v) is 9.15. The lowest BCUT2D eigenvalue weighted by molar-refractivity contribution is -0.118. The number of nitrogens with one attached hydrogen (secondary N) is 1. The molecule has 3 rings (SSSR count). The number of hydrogen-bond donors (Lipinski definition) is 1. The second-order valence-electron chi connectivity index (χ2n) is 5.54. The fourth-order valence-electron chi connectivity index (χ4n) is 2.45. The van der Waals surface area contributed by atoms with E-state index in [9.17, 15) is 4.79 Å². The van der Waals surface area contributed by atoms with E-state index in [0.29, 0.717) is 25.5 Å². The molecule has 0 aliphatic carbocycles. The monoisotopic (exact) mass is 359 g/mol. The third-order valence-electron chi connectivity index (χ3n) is 3.78. The lowest BCUT2D eigenvalue weighted by Crippen LogP contribution is -2.27. The normalized spacial score (nSPS) is 12.5. The number of amides is 1. The predicted molar refractivity (Wildman–Crippen MR) is 97.9 cm³/mol. The third kappa shape index (κ3) is 5.06. The molecule has 132 valence electrons. The number of thioether (sulfide) groups is 1. The van der Waals surface area contributed by atoms with E-state index in [2.05, 4.69) is 5.32 Å². The summed E-state index contributed by atoms with van der Waals surface area (Å²) in [5.41, 5.74) is 1.17. The average Bonchev–Trinajstić information content (AvgIpc) is 2.67. The molecular formula is C19H21NO4S. The van der Waals surface area contributed by atoms with Crippen LogP contribution in [0.15, 0.2) is 47.4 Å². The van der Waals surface area contributed by atoms with Gasteiger partial charge in [-0.15, -0.1) is 11.8 Å². The van der Waals surface area contributed by atoms with Gasteiger partial charge in [0.05, 0.1) is 12.9 Å². The summed E-state index contributed by atoms with van der Waals surface area (Å²) in [4.78, 5) is 13.0. The topological polar surface area (TPSA) is 56.8 Å². The van der Waals surface area contributed by atoms with Crippen LogP contribution < -0.4 is 19.5 Å². The minimum atomic E-state index is 0.0217. The van der Waals surface area contributed by atoms with Gasteiger partial charge in [-0.25, -0.2) is 0 Å². The van der Waals surface area contributed by atoms with E-state index in [4.69, 9.17) is 14.2 Å². The Morgan fingerprint density at radius 3 is 2.64 bits per heavy atom. The van der Waals surface area contributed by atoms with Crippen molar-refractivity contribution in [1.82, 2.24) is 5.32 Å². The van der Waals surface area contributed by atoms with Crippen LogP contribution in [0.5, 0.6) is 17.2 Å². The Morgan fingerprint density at radius 2 is 1.88 bits per heavy atom. The minimum absolute atomic E-state index is 0.0217. The Hall–Kier alpha value is -2.34. The second-order valence-corrected chi connectivity index (χ2v) is 6.59. The molecule has 0 atom stereocenters. The highest BCUT2D eigenvalue weighted by molar-refractivity contribution is 8.00. The molecule has 0 unspecified atom stereocenters. The van der Waals surface area contributed by atoms with Gasteiger partial charge in [0.15, 0.2) is 11.5 Å².